The van der Waals surface area contributed by atoms with Gasteiger partial charge < -0.3 is 15.6 Å². The number of nitrogens with two attached hydrogens (primary N) is 1. The van der Waals surface area contributed by atoms with Gasteiger partial charge in [0.25, 0.3) is 0 Å². The van der Waals surface area contributed by atoms with E-state index in [4.69, 9.17) is 5.73 Å². The van der Waals surface area contributed by atoms with E-state index in [-0.39, 0.29) is 17.1 Å². The third kappa shape index (κ3) is 5.09. The molecule has 0 amide bonds. The molecule has 1 rings (SSSR count). The van der Waals surface area contributed by atoms with Gasteiger partial charge in [0, 0.05) is 10.5 Å². The highest BCUT2D eigenvalue weighted by Crippen LogP contribution is 2.39. The zero-order valence-electron chi connectivity index (χ0n) is 10.9. The molecule has 1 aromatic rings. The molecular formula is C12H13F4NO3S. The van der Waals surface area contributed by atoms with E-state index in [1.54, 1.807) is 0 Å². The number of alkyl halides is 4. The number of rotatable bonds is 5. The Morgan fingerprint density at radius 3 is 2.62 bits per heavy atom. The van der Waals surface area contributed by atoms with Gasteiger partial charge in [0.2, 0.25) is 6.17 Å². The van der Waals surface area contributed by atoms with Crippen LogP contribution in [0.3, 0.4) is 0 Å². The number of phenolic OH excluding ortho intramolecular Hbond substituents is 1. The van der Waals surface area contributed by atoms with E-state index < -0.39 is 41.2 Å². The lowest BCUT2D eigenvalue weighted by Gasteiger charge is -2.18. The van der Waals surface area contributed by atoms with Crippen LogP contribution >= 0.6 is 11.8 Å². The number of carbonyl (C=O) groups excluding carboxylic acids is 1. The molecule has 21 heavy (non-hydrogen) atoms. The van der Waals surface area contributed by atoms with Gasteiger partial charge >= 0.3 is 11.5 Å². The van der Waals surface area contributed by atoms with Crippen LogP contribution in [0.25, 0.3) is 0 Å². The standard InChI is InChI=1S/C12H13F4NO3S/c1-2-20-11(19)9(13)10(17)7-5-6(3-4-8(7)18)21-12(14,15)16/h3-5,9-10,18H,2,17H2,1H3/t9?,10-/m1/s1. The first-order chi connectivity index (χ1) is 9.65. The largest absolute Gasteiger partial charge is 0.508 e. The molecule has 4 nitrogen and oxygen atoms in total. The first kappa shape index (κ1) is 17.6. The summed E-state index contributed by atoms with van der Waals surface area (Å²) in [4.78, 5) is 11.0. The number of esters is 1. The summed E-state index contributed by atoms with van der Waals surface area (Å²) in [7, 11) is 0. The van der Waals surface area contributed by atoms with Gasteiger partial charge in [-0.05, 0) is 36.9 Å². The Hall–Kier alpha value is -1.48. The van der Waals surface area contributed by atoms with Gasteiger partial charge in [-0.25, -0.2) is 9.18 Å². The van der Waals surface area contributed by atoms with E-state index in [9.17, 15) is 27.5 Å². The number of carbonyl (C=O) groups is 1. The molecule has 1 aromatic carbocycles. The van der Waals surface area contributed by atoms with Gasteiger partial charge in [0.15, 0.2) is 0 Å². The van der Waals surface area contributed by atoms with E-state index in [2.05, 4.69) is 4.74 Å². The van der Waals surface area contributed by atoms with Crippen molar-refractivity contribution in [1.82, 2.24) is 0 Å². The summed E-state index contributed by atoms with van der Waals surface area (Å²) >= 11 is -0.434. The van der Waals surface area contributed by atoms with E-state index in [0.717, 1.165) is 18.2 Å². The molecule has 0 aliphatic rings. The Morgan fingerprint density at radius 2 is 2.10 bits per heavy atom. The molecule has 118 valence electrons. The highest BCUT2D eigenvalue weighted by Gasteiger charge is 2.32. The molecule has 0 saturated heterocycles. The van der Waals surface area contributed by atoms with Crippen molar-refractivity contribution in [1.29, 1.82) is 0 Å². The summed E-state index contributed by atoms with van der Waals surface area (Å²) in [5.74, 6) is -1.74. The maximum Gasteiger partial charge on any atom is 0.446 e. The Morgan fingerprint density at radius 1 is 1.48 bits per heavy atom. The second kappa shape index (κ2) is 6.99. The van der Waals surface area contributed by atoms with Crippen molar-refractivity contribution in [3.63, 3.8) is 0 Å². The summed E-state index contributed by atoms with van der Waals surface area (Å²) in [5, 5.41) is 9.57. The average molecular weight is 327 g/mol. The van der Waals surface area contributed by atoms with Crippen molar-refractivity contribution in [2.24, 2.45) is 5.73 Å². The topological polar surface area (TPSA) is 72.5 Å². The van der Waals surface area contributed by atoms with E-state index in [0.29, 0.717) is 0 Å². The molecule has 0 fully saturated rings. The number of hydrogen-bond acceptors (Lipinski definition) is 5. The Bertz CT molecular complexity index is 510. The summed E-state index contributed by atoms with van der Waals surface area (Å²) in [5.41, 5.74) is 0.643. The minimum absolute atomic E-state index is 0.0675. The Balaban J connectivity index is 3.00. The van der Waals surface area contributed by atoms with Crippen LogP contribution in [0.1, 0.15) is 18.5 Å². The molecule has 0 aliphatic heterocycles. The molecule has 0 aliphatic carbocycles. The van der Waals surface area contributed by atoms with Crippen molar-refractivity contribution >= 4 is 17.7 Å². The van der Waals surface area contributed by atoms with Crippen LogP contribution in [0.4, 0.5) is 17.6 Å². The Labute approximate surface area is 122 Å². The van der Waals surface area contributed by atoms with Crippen LogP contribution in [-0.4, -0.2) is 29.4 Å². The molecule has 0 spiro atoms. The van der Waals surface area contributed by atoms with Crippen LogP contribution in [-0.2, 0) is 9.53 Å². The molecule has 0 saturated carbocycles. The van der Waals surface area contributed by atoms with Crippen LogP contribution in [0.5, 0.6) is 5.75 Å². The lowest BCUT2D eigenvalue weighted by molar-refractivity contribution is -0.149. The molecule has 0 heterocycles. The number of hydrogen-bond donors (Lipinski definition) is 2. The molecular weight excluding hydrogens is 314 g/mol. The molecule has 0 bridgehead atoms. The van der Waals surface area contributed by atoms with Crippen molar-refractivity contribution in [2.45, 2.75) is 29.5 Å². The monoisotopic (exact) mass is 327 g/mol. The zero-order chi connectivity index (χ0) is 16.2. The summed E-state index contributed by atoms with van der Waals surface area (Å²) in [6.45, 7) is 1.40. The number of halogens is 4. The van der Waals surface area contributed by atoms with Crippen LogP contribution in [0.15, 0.2) is 23.1 Å². The number of benzene rings is 1. The first-order valence-electron chi connectivity index (χ1n) is 5.80. The molecule has 1 unspecified atom stereocenters. The second-order valence-electron chi connectivity index (χ2n) is 3.95. The van der Waals surface area contributed by atoms with Crippen LogP contribution in [0.2, 0.25) is 0 Å². The number of phenols is 1. The van der Waals surface area contributed by atoms with Crippen LogP contribution < -0.4 is 5.73 Å². The molecule has 3 N–H and O–H groups in total. The minimum atomic E-state index is -4.53. The molecule has 9 heteroatoms. The average Bonchev–Trinajstić information content (AvgIpc) is 2.38. The highest BCUT2D eigenvalue weighted by molar-refractivity contribution is 8.00. The highest BCUT2D eigenvalue weighted by atomic mass is 32.2. The summed E-state index contributed by atoms with van der Waals surface area (Å²) < 4.78 is 55.1. The van der Waals surface area contributed by atoms with E-state index in [1.807, 2.05) is 0 Å². The lowest BCUT2D eigenvalue weighted by atomic mass is 10.0. The van der Waals surface area contributed by atoms with Gasteiger partial charge in [0.05, 0.1) is 12.6 Å². The summed E-state index contributed by atoms with van der Waals surface area (Å²) in [6, 6.07) is 1.24. The van der Waals surface area contributed by atoms with Crippen molar-refractivity contribution < 1.29 is 32.2 Å². The SMILES string of the molecule is CCOC(=O)C(F)[C@H](N)c1cc(SC(F)(F)F)ccc1O. The van der Waals surface area contributed by atoms with Crippen molar-refractivity contribution in [3.05, 3.63) is 23.8 Å². The molecule has 0 aromatic heterocycles. The summed E-state index contributed by atoms with van der Waals surface area (Å²) in [6.07, 6.45) is -2.29. The van der Waals surface area contributed by atoms with E-state index in [1.165, 1.54) is 6.92 Å². The quantitative estimate of drug-likeness (QED) is 0.494. The van der Waals surface area contributed by atoms with Gasteiger partial charge in [-0.15, -0.1) is 0 Å². The van der Waals surface area contributed by atoms with Gasteiger partial charge in [-0.1, -0.05) is 0 Å². The maximum atomic E-state index is 13.8. The third-order valence-electron chi connectivity index (χ3n) is 2.42. The fraction of sp³-hybridized carbons (Fsp3) is 0.417. The third-order valence-corrected chi connectivity index (χ3v) is 3.14. The lowest BCUT2D eigenvalue weighted by Crippen LogP contribution is -2.31. The first-order valence-corrected chi connectivity index (χ1v) is 6.62. The van der Waals surface area contributed by atoms with Crippen LogP contribution in [0, 0.1) is 0 Å². The van der Waals surface area contributed by atoms with Gasteiger partial charge in [-0.3, -0.25) is 0 Å². The van der Waals surface area contributed by atoms with Gasteiger partial charge in [-0.2, -0.15) is 13.2 Å². The number of thioether (sulfide) groups is 1. The predicted octanol–water partition coefficient (Wildman–Crippen LogP) is 2.91. The molecule has 2 atom stereocenters. The molecule has 0 radical (unpaired) electrons. The number of aromatic hydroxyl groups is 1. The smallest absolute Gasteiger partial charge is 0.446 e. The van der Waals surface area contributed by atoms with Crippen molar-refractivity contribution in [2.75, 3.05) is 6.61 Å². The van der Waals surface area contributed by atoms with E-state index >= 15 is 0 Å². The minimum Gasteiger partial charge on any atom is -0.508 e. The van der Waals surface area contributed by atoms with Crippen molar-refractivity contribution in [3.8, 4) is 5.75 Å². The number of ether oxygens (including phenoxy) is 1. The normalized spacial score (nSPS) is 14.6. The Kier molecular flexibility index (Phi) is 5.85. The fourth-order valence-corrected chi connectivity index (χ4v) is 2.11. The second-order valence-corrected chi connectivity index (χ2v) is 5.09. The predicted molar refractivity (Wildman–Crippen MR) is 68.5 cm³/mol. The fourth-order valence-electron chi connectivity index (χ4n) is 1.52. The van der Waals surface area contributed by atoms with Gasteiger partial charge in [0.1, 0.15) is 5.75 Å². The zero-order valence-corrected chi connectivity index (χ0v) is 11.7. The maximum absolute atomic E-state index is 13.8.